The molecule has 1 amide bonds. The van der Waals surface area contributed by atoms with Gasteiger partial charge in [-0.2, -0.15) is 4.31 Å². The number of ether oxygens (including phenoxy) is 1. The van der Waals surface area contributed by atoms with Crippen LogP contribution in [0, 0.1) is 0 Å². The minimum absolute atomic E-state index is 0.00990. The standard InChI is InChI=1S/C14H21ClN2O4S/c1-5-10(2)16-14(18)9-17(3)22(19,20)13-8-11(15)6-7-12(13)21-4/h6-8,10H,5,9H2,1-4H3,(H,16,18)/t10-/m0/s1. The maximum absolute atomic E-state index is 12.6. The van der Waals surface area contributed by atoms with Crippen molar-refractivity contribution in [1.29, 1.82) is 0 Å². The number of carbonyl (C=O) groups is 1. The van der Waals surface area contributed by atoms with E-state index in [9.17, 15) is 13.2 Å². The molecule has 0 radical (unpaired) electrons. The Balaban J connectivity index is 2.99. The van der Waals surface area contributed by atoms with Gasteiger partial charge in [0.15, 0.2) is 0 Å². The first-order chi connectivity index (χ1) is 10.2. The number of amides is 1. The average molecular weight is 349 g/mol. The van der Waals surface area contributed by atoms with E-state index in [1.807, 2.05) is 13.8 Å². The number of sulfonamides is 1. The lowest BCUT2D eigenvalue weighted by atomic mass is 10.2. The molecule has 1 N–H and O–H groups in total. The second-order valence-corrected chi connectivity index (χ2v) is 7.38. The molecular formula is C14H21ClN2O4S. The zero-order chi connectivity index (χ0) is 16.9. The van der Waals surface area contributed by atoms with Crippen molar-refractivity contribution in [3.8, 4) is 5.75 Å². The molecule has 0 aromatic heterocycles. The molecule has 0 saturated carbocycles. The Morgan fingerprint density at radius 2 is 2.09 bits per heavy atom. The molecule has 124 valence electrons. The lowest BCUT2D eigenvalue weighted by molar-refractivity contribution is -0.121. The van der Waals surface area contributed by atoms with E-state index in [1.54, 1.807) is 0 Å². The number of hydrogen-bond acceptors (Lipinski definition) is 4. The fourth-order valence-corrected chi connectivity index (χ4v) is 3.27. The Bertz CT molecular complexity index is 634. The second kappa shape index (κ2) is 7.80. The summed E-state index contributed by atoms with van der Waals surface area (Å²) in [6.45, 7) is 3.51. The lowest BCUT2D eigenvalue weighted by Gasteiger charge is -2.20. The third-order valence-corrected chi connectivity index (χ3v) is 5.26. The SMILES string of the molecule is CC[C@H](C)NC(=O)CN(C)S(=O)(=O)c1cc(Cl)ccc1OC. The first kappa shape index (κ1) is 18.7. The van der Waals surface area contributed by atoms with Gasteiger partial charge < -0.3 is 10.1 Å². The maximum Gasteiger partial charge on any atom is 0.247 e. The minimum atomic E-state index is -3.88. The molecule has 0 aliphatic carbocycles. The third kappa shape index (κ3) is 4.59. The second-order valence-electron chi connectivity index (χ2n) is 4.93. The van der Waals surface area contributed by atoms with Gasteiger partial charge in [-0.05, 0) is 31.5 Å². The van der Waals surface area contributed by atoms with Crippen LogP contribution in [0.25, 0.3) is 0 Å². The van der Waals surface area contributed by atoms with Gasteiger partial charge in [-0.25, -0.2) is 8.42 Å². The molecule has 0 aliphatic heterocycles. The predicted molar refractivity (Wildman–Crippen MR) is 85.7 cm³/mol. The van der Waals surface area contributed by atoms with Crippen molar-refractivity contribution >= 4 is 27.5 Å². The van der Waals surface area contributed by atoms with Crippen LogP contribution in [0.3, 0.4) is 0 Å². The molecule has 0 heterocycles. The van der Waals surface area contributed by atoms with E-state index < -0.39 is 10.0 Å². The molecule has 0 bridgehead atoms. The van der Waals surface area contributed by atoms with E-state index in [0.717, 1.165) is 10.7 Å². The van der Waals surface area contributed by atoms with Gasteiger partial charge in [0.2, 0.25) is 15.9 Å². The largest absolute Gasteiger partial charge is 0.495 e. The van der Waals surface area contributed by atoms with Gasteiger partial charge in [-0.3, -0.25) is 4.79 Å². The monoisotopic (exact) mass is 348 g/mol. The normalized spacial score (nSPS) is 13.0. The fraction of sp³-hybridized carbons (Fsp3) is 0.500. The van der Waals surface area contributed by atoms with Gasteiger partial charge >= 0.3 is 0 Å². The quantitative estimate of drug-likeness (QED) is 0.816. The average Bonchev–Trinajstić information content (AvgIpc) is 2.46. The molecule has 1 rings (SSSR count). The molecule has 6 nitrogen and oxygen atoms in total. The molecular weight excluding hydrogens is 328 g/mol. The fourth-order valence-electron chi connectivity index (χ4n) is 1.73. The Morgan fingerprint density at radius 1 is 1.45 bits per heavy atom. The summed E-state index contributed by atoms with van der Waals surface area (Å²) in [5.74, 6) is -0.181. The van der Waals surface area contributed by atoms with Gasteiger partial charge in [-0.15, -0.1) is 0 Å². The van der Waals surface area contributed by atoms with E-state index in [4.69, 9.17) is 16.3 Å². The first-order valence-corrected chi connectivity index (χ1v) is 8.63. The highest BCUT2D eigenvalue weighted by Crippen LogP contribution is 2.28. The summed E-state index contributed by atoms with van der Waals surface area (Å²) >= 11 is 5.86. The highest BCUT2D eigenvalue weighted by atomic mass is 35.5. The summed E-state index contributed by atoms with van der Waals surface area (Å²) in [5, 5.41) is 3.00. The molecule has 0 fully saturated rings. The van der Waals surface area contributed by atoms with Gasteiger partial charge in [0.1, 0.15) is 10.6 Å². The highest BCUT2D eigenvalue weighted by molar-refractivity contribution is 7.89. The number of rotatable bonds is 7. The zero-order valence-electron chi connectivity index (χ0n) is 13.1. The van der Waals surface area contributed by atoms with E-state index in [2.05, 4.69) is 5.32 Å². The van der Waals surface area contributed by atoms with Crippen molar-refractivity contribution in [2.24, 2.45) is 0 Å². The van der Waals surface area contributed by atoms with Crippen LogP contribution < -0.4 is 10.1 Å². The maximum atomic E-state index is 12.6. The molecule has 22 heavy (non-hydrogen) atoms. The Hall–Kier alpha value is -1.31. The van der Waals surface area contributed by atoms with Crippen molar-refractivity contribution in [2.45, 2.75) is 31.2 Å². The van der Waals surface area contributed by atoms with Crippen molar-refractivity contribution < 1.29 is 17.9 Å². The number of nitrogens with one attached hydrogen (secondary N) is 1. The third-order valence-electron chi connectivity index (χ3n) is 3.20. The van der Waals surface area contributed by atoms with Gasteiger partial charge in [0.05, 0.1) is 13.7 Å². The molecule has 0 aliphatic rings. The summed E-state index contributed by atoms with van der Waals surface area (Å²) < 4.78 is 31.2. The molecule has 1 atom stereocenters. The van der Waals surface area contributed by atoms with Crippen LogP contribution in [-0.4, -0.2) is 45.4 Å². The summed E-state index contributed by atoms with van der Waals surface area (Å²) in [7, 11) is -1.17. The van der Waals surface area contributed by atoms with Crippen LogP contribution in [0.5, 0.6) is 5.75 Å². The van der Waals surface area contributed by atoms with E-state index in [-0.39, 0.29) is 34.2 Å². The Kier molecular flexibility index (Phi) is 6.65. The number of methoxy groups -OCH3 is 1. The van der Waals surface area contributed by atoms with Crippen molar-refractivity contribution in [3.05, 3.63) is 23.2 Å². The summed E-state index contributed by atoms with van der Waals surface area (Å²) in [5.41, 5.74) is 0. The molecule has 0 unspecified atom stereocenters. The first-order valence-electron chi connectivity index (χ1n) is 6.81. The van der Waals surface area contributed by atoms with E-state index in [1.165, 1.54) is 32.4 Å². The summed E-state index contributed by atoms with van der Waals surface area (Å²) in [4.78, 5) is 11.8. The van der Waals surface area contributed by atoms with Crippen LogP contribution in [0.4, 0.5) is 0 Å². The van der Waals surface area contributed by atoms with Crippen molar-refractivity contribution in [3.63, 3.8) is 0 Å². The smallest absolute Gasteiger partial charge is 0.247 e. The van der Waals surface area contributed by atoms with Crippen molar-refractivity contribution in [2.75, 3.05) is 20.7 Å². The van der Waals surface area contributed by atoms with E-state index in [0.29, 0.717) is 0 Å². The Morgan fingerprint density at radius 3 is 2.64 bits per heavy atom. The zero-order valence-corrected chi connectivity index (χ0v) is 14.7. The topological polar surface area (TPSA) is 75.7 Å². The summed E-state index contributed by atoms with van der Waals surface area (Å²) in [6.07, 6.45) is 0.768. The summed E-state index contributed by atoms with van der Waals surface area (Å²) in [6, 6.07) is 4.31. The molecule has 1 aromatic carbocycles. The highest BCUT2D eigenvalue weighted by Gasteiger charge is 2.27. The lowest BCUT2D eigenvalue weighted by Crippen LogP contribution is -2.41. The number of hydrogen-bond donors (Lipinski definition) is 1. The van der Waals surface area contributed by atoms with Crippen LogP contribution in [0.2, 0.25) is 5.02 Å². The Labute approximate surface area is 136 Å². The number of halogens is 1. The molecule has 1 aromatic rings. The predicted octanol–water partition coefficient (Wildman–Crippen LogP) is 1.88. The van der Waals surface area contributed by atoms with Gasteiger partial charge in [0.25, 0.3) is 0 Å². The van der Waals surface area contributed by atoms with Crippen molar-refractivity contribution in [1.82, 2.24) is 9.62 Å². The number of benzene rings is 1. The molecule has 8 heteroatoms. The number of likely N-dealkylation sites (N-methyl/N-ethyl adjacent to an activating group) is 1. The minimum Gasteiger partial charge on any atom is -0.495 e. The van der Waals surface area contributed by atoms with Gasteiger partial charge in [-0.1, -0.05) is 18.5 Å². The molecule has 0 saturated heterocycles. The van der Waals surface area contributed by atoms with Crippen LogP contribution in [0.15, 0.2) is 23.1 Å². The van der Waals surface area contributed by atoms with Crippen LogP contribution >= 0.6 is 11.6 Å². The molecule has 0 spiro atoms. The number of nitrogens with zero attached hydrogens (tertiary/aromatic N) is 1. The number of carbonyl (C=O) groups excluding carboxylic acids is 1. The van der Waals surface area contributed by atoms with E-state index >= 15 is 0 Å². The van der Waals surface area contributed by atoms with Crippen LogP contribution in [0.1, 0.15) is 20.3 Å². The van der Waals surface area contributed by atoms with Gasteiger partial charge in [0, 0.05) is 18.1 Å². The van der Waals surface area contributed by atoms with Crippen LogP contribution in [-0.2, 0) is 14.8 Å².